The number of esters is 1. The molecule has 0 saturated carbocycles. The number of rotatable bonds is 5. The van der Waals surface area contributed by atoms with Crippen molar-refractivity contribution >= 4 is 39.1 Å². The Morgan fingerprint density at radius 3 is 2.63 bits per heavy atom. The Kier molecular flexibility index (Phi) is 5.33. The van der Waals surface area contributed by atoms with Crippen molar-refractivity contribution in [1.82, 2.24) is 14.8 Å². The topological polar surface area (TPSA) is 86.1 Å². The minimum atomic E-state index is -0.512. The van der Waals surface area contributed by atoms with Crippen LogP contribution in [-0.4, -0.2) is 33.2 Å². The molecule has 8 heteroatoms. The van der Waals surface area contributed by atoms with Gasteiger partial charge in [0.25, 0.3) is 5.91 Å². The van der Waals surface area contributed by atoms with E-state index in [4.69, 9.17) is 4.74 Å². The summed E-state index contributed by atoms with van der Waals surface area (Å²) < 4.78 is 7.45. The number of aryl methyl sites for hydroxylation is 2. The van der Waals surface area contributed by atoms with Crippen LogP contribution in [0.4, 0.5) is 5.69 Å². The smallest absolute Gasteiger partial charge is 0.356 e. The number of aromatic nitrogens is 3. The van der Waals surface area contributed by atoms with Gasteiger partial charge in [-0.25, -0.2) is 9.78 Å². The number of thiazole rings is 1. The van der Waals surface area contributed by atoms with E-state index in [-0.39, 0.29) is 18.0 Å². The van der Waals surface area contributed by atoms with Crippen molar-refractivity contribution in [3.05, 3.63) is 65.5 Å². The molecule has 0 spiro atoms. The number of nitrogens with zero attached hydrogens (tertiary/aromatic N) is 3. The van der Waals surface area contributed by atoms with Gasteiger partial charge in [-0.15, -0.1) is 11.3 Å². The lowest BCUT2D eigenvalue weighted by molar-refractivity contribution is 0.0513. The molecule has 0 aliphatic carbocycles. The summed E-state index contributed by atoms with van der Waals surface area (Å²) in [6, 6.07) is 15.1. The van der Waals surface area contributed by atoms with E-state index in [1.165, 1.54) is 16.3 Å². The molecule has 0 bridgehead atoms. The van der Waals surface area contributed by atoms with Crippen LogP contribution in [0, 0.1) is 6.92 Å². The van der Waals surface area contributed by atoms with Gasteiger partial charge in [0.1, 0.15) is 10.7 Å². The van der Waals surface area contributed by atoms with E-state index in [1.807, 2.05) is 30.3 Å². The van der Waals surface area contributed by atoms with Gasteiger partial charge in [-0.2, -0.15) is 5.10 Å². The first-order chi connectivity index (χ1) is 14.4. The number of fused-ring (bicyclic) bond motifs is 1. The third-order valence-corrected chi connectivity index (χ3v) is 5.60. The van der Waals surface area contributed by atoms with Crippen molar-refractivity contribution in [2.24, 2.45) is 7.05 Å². The summed E-state index contributed by atoms with van der Waals surface area (Å²) >= 11 is 1.64. The Balaban J connectivity index is 1.50. The van der Waals surface area contributed by atoms with E-state index in [9.17, 15) is 9.59 Å². The zero-order chi connectivity index (χ0) is 21.3. The molecular formula is C22H20N4O3S. The number of anilines is 1. The molecule has 0 unspecified atom stereocenters. The fourth-order valence-electron chi connectivity index (χ4n) is 3.02. The zero-order valence-corrected chi connectivity index (χ0v) is 17.6. The standard InChI is InChI=1S/C22H20N4O3S/c1-4-29-22(28)18-12-17(25-26(18)3)20(27)23-15-8-6-14(7-9-15)21-24-16-10-5-13(2)11-19(16)30-21/h5-12H,4H2,1-3H3,(H,23,27). The fraction of sp³-hybridized carbons (Fsp3) is 0.182. The highest BCUT2D eigenvalue weighted by atomic mass is 32.1. The molecule has 2 aromatic carbocycles. The second-order valence-corrected chi connectivity index (χ2v) is 7.81. The molecule has 0 aliphatic rings. The van der Waals surface area contributed by atoms with Gasteiger partial charge in [-0.1, -0.05) is 6.07 Å². The monoisotopic (exact) mass is 420 g/mol. The SMILES string of the molecule is CCOC(=O)c1cc(C(=O)Nc2ccc(-c3nc4ccc(C)cc4s3)cc2)nn1C. The molecule has 1 N–H and O–H groups in total. The van der Waals surface area contributed by atoms with Crippen LogP contribution in [0.5, 0.6) is 0 Å². The largest absolute Gasteiger partial charge is 0.461 e. The van der Waals surface area contributed by atoms with E-state index >= 15 is 0 Å². The zero-order valence-electron chi connectivity index (χ0n) is 16.8. The number of ether oxygens (including phenoxy) is 1. The van der Waals surface area contributed by atoms with E-state index in [2.05, 4.69) is 34.5 Å². The van der Waals surface area contributed by atoms with Crippen LogP contribution in [0.2, 0.25) is 0 Å². The van der Waals surface area contributed by atoms with Crippen LogP contribution in [-0.2, 0) is 11.8 Å². The molecule has 7 nitrogen and oxygen atoms in total. The van der Waals surface area contributed by atoms with Crippen molar-refractivity contribution < 1.29 is 14.3 Å². The van der Waals surface area contributed by atoms with Gasteiger partial charge in [0.2, 0.25) is 0 Å². The highest BCUT2D eigenvalue weighted by Crippen LogP contribution is 2.31. The van der Waals surface area contributed by atoms with Crippen molar-refractivity contribution in [3.8, 4) is 10.6 Å². The average Bonchev–Trinajstić information content (AvgIpc) is 3.32. The number of nitrogens with one attached hydrogen (secondary N) is 1. The molecular weight excluding hydrogens is 400 g/mol. The summed E-state index contributed by atoms with van der Waals surface area (Å²) in [7, 11) is 1.59. The van der Waals surface area contributed by atoms with Gasteiger partial charge in [-0.05, 0) is 55.8 Å². The summed E-state index contributed by atoms with van der Waals surface area (Å²) in [6.45, 7) is 4.04. The minimum absolute atomic E-state index is 0.145. The summed E-state index contributed by atoms with van der Waals surface area (Å²) in [5.41, 5.74) is 4.16. The van der Waals surface area contributed by atoms with Crippen LogP contribution in [0.1, 0.15) is 33.5 Å². The molecule has 4 rings (SSSR count). The molecule has 2 aromatic heterocycles. The molecule has 0 fully saturated rings. The van der Waals surface area contributed by atoms with Crippen LogP contribution in [0.25, 0.3) is 20.8 Å². The first-order valence-electron chi connectivity index (χ1n) is 9.44. The number of carbonyl (C=O) groups excluding carboxylic acids is 2. The Labute approximate surface area is 177 Å². The summed E-state index contributed by atoms with van der Waals surface area (Å²) in [6.07, 6.45) is 0. The number of hydrogen-bond acceptors (Lipinski definition) is 6. The maximum Gasteiger partial charge on any atom is 0.356 e. The second kappa shape index (κ2) is 8.08. The molecule has 4 aromatic rings. The Morgan fingerprint density at radius 2 is 1.90 bits per heavy atom. The minimum Gasteiger partial charge on any atom is -0.461 e. The summed E-state index contributed by atoms with van der Waals surface area (Å²) in [4.78, 5) is 29.1. The second-order valence-electron chi connectivity index (χ2n) is 6.78. The van der Waals surface area contributed by atoms with Gasteiger partial charge in [0.05, 0.1) is 16.8 Å². The van der Waals surface area contributed by atoms with E-state index in [1.54, 1.807) is 25.3 Å². The first kappa shape index (κ1) is 19.8. The predicted octanol–water partition coefficient (Wildman–Crippen LogP) is 4.43. The molecule has 0 aliphatic heterocycles. The summed E-state index contributed by atoms with van der Waals surface area (Å²) in [5, 5.41) is 7.83. The number of amides is 1. The normalized spacial score (nSPS) is 10.9. The third kappa shape index (κ3) is 3.95. The van der Waals surface area contributed by atoms with Crippen LogP contribution < -0.4 is 5.32 Å². The quantitative estimate of drug-likeness (QED) is 0.483. The van der Waals surface area contributed by atoms with Gasteiger partial charge < -0.3 is 10.1 Å². The number of carbonyl (C=O) groups is 2. The van der Waals surface area contributed by atoms with Crippen LogP contribution in [0.15, 0.2) is 48.5 Å². The van der Waals surface area contributed by atoms with Crippen molar-refractivity contribution in [2.75, 3.05) is 11.9 Å². The van der Waals surface area contributed by atoms with E-state index in [0.717, 1.165) is 20.8 Å². The molecule has 30 heavy (non-hydrogen) atoms. The number of benzene rings is 2. The Hall–Kier alpha value is -3.52. The van der Waals surface area contributed by atoms with E-state index < -0.39 is 11.9 Å². The lowest BCUT2D eigenvalue weighted by atomic mass is 10.2. The molecule has 2 heterocycles. The van der Waals surface area contributed by atoms with Crippen LogP contribution >= 0.6 is 11.3 Å². The van der Waals surface area contributed by atoms with Gasteiger partial charge in [0, 0.05) is 24.4 Å². The Morgan fingerprint density at radius 1 is 1.13 bits per heavy atom. The third-order valence-electron chi connectivity index (χ3n) is 4.53. The highest BCUT2D eigenvalue weighted by molar-refractivity contribution is 7.21. The van der Waals surface area contributed by atoms with Gasteiger partial charge >= 0.3 is 5.97 Å². The lowest BCUT2D eigenvalue weighted by Crippen LogP contribution is -2.13. The summed E-state index contributed by atoms with van der Waals surface area (Å²) in [5.74, 6) is -0.911. The van der Waals surface area contributed by atoms with Gasteiger partial charge in [0.15, 0.2) is 5.69 Å². The first-order valence-corrected chi connectivity index (χ1v) is 10.3. The van der Waals surface area contributed by atoms with Gasteiger partial charge in [-0.3, -0.25) is 9.48 Å². The molecule has 0 atom stereocenters. The molecule has 152 valence electrons. The maximum absolute atomic E-state index is 12.5. The molecule has 0 saturated heterocycles. The molecule has 0 radical (unpaired) electrons. The fourth-order valence-corrected chi connectivity index (χ4v) is 4.09. The van der Waals surface area contributed by atoms with Crippen molar-refractivity contribution in [3.63, 3.8) is 0 Å². The van der Waals surface area contributed by atoms with Crippen molar-refractivity contribution in [2.45, 2.75) is 13.8 Å². The van der Waals surface area contributed by atoms with Crippen LogP contribution in [0.3, 0.4) is 0 Å². The lowest BCUT2D eigenvalue weighted by Gasteiger charge is -2.04. The van der Waals surface area contributed by atoms with Crippen molar-refractivity contribution in [1.29, 1.82) is 0 Å². The molecule has 1 amide bonds. The van der Waals surface area contributed by atoms with E-state index in [0.29, 0.717) is 5.69 Å². The number of hydrogen-bond donors (Lipinski definition) is 1. The Bertz CT molecular complexity index is 1240. The maximum atomic E-state index is 12.5. The highest BCUT2D eigenvalue weighted by Gasteiger charge is 2.18. The predicted molar refractivity (Wildman–Crippen MR) is 117 cm³/mol. The average molecular weight is 420 g/mol.